The maximum Gasteiger partial charge on any atom is 0.290 e. The topological polar surface area (TPSA) is 140 Å². The third-order valence-electron chi connectivity index (χ3n) is 3.32. The van der Waals surface area contributed by atoms with Crippen LogP contribution < -0.4 is 11.1 Å². The number of pyridine rings is 1. The van der Waals surface area contributed by atoms with E-state index in [0.29, 0.717) is 28.1 Å². The summed E-state index contributed by atoms with van der Waals surface area (Å²) in [7, 11) is 0. The molecule has 1 aromatic carbocycles. The van der Waals surface area contributed by atoms with Crippen LogP contribution in [-0.2, 0) is 0 Å². The minimum absolute atomic E-state index is 0.0446. The van der Waals surface area contributed by atoms with Crippen LogP contribution in [0.5, 0.6) is 0 Å². The number of H-pyrrole nitrogens is 1. The highest BCUT2D eigenvalue weighted by atomic mass is 16.6. The molecule has 0 aliphatic carbocycles. The van der Waals surface area contributed by atoms with E-state index in [1.165, 1.54) is 12.1 Å². The fraction of sp³-hybridized carbons (Fsp3) is 0.0714. The molecule has 9 heteroatoms. The first-order chi connectivity index (χ1) is 11.0. The predicted molar refractivity (Wildman–Crippen MR) is 83.5 cm³/mol. The number of aromatic nitrogens is 3. The van der Waals surface area contributed by atoms with Crippen molar-refractivity contribution in [3.05, 3.63) is 51.8 Å². The monoisotopic (exact) mass is 312 g/mol. The Balaban J connectivity index is 1.95. The number of fused-ring (bicyclic) bond motifs is 1. The SMILES string of the molecule is Cc1nc(Nc2ccc3[nH]nc(C(N)=O)c3c2)ccc1[N+](=O)[O-]. The minimum atomic E-state index is -0.627. The van der Waals surface area contributed by atoms with Gasteiger partial charge in [0, 0.05) is 17.1 Å². The van der Waals surface area contributed by atoms with Crippen molar-refractivity contribution in [2.24, 2.45) is 5.73 Å². The van der Waals surface area contributed by atoms with Gasteiger partial charge in [-0.3, -0.25) is 20.0 Å². The number of nitrogens with two attached hydrogens (primary N) is 1. The van der Waals surface area contributed by atoms with Gasteiger partial charge in [0.05, 0.1) is 10.4 Å². The summed E-state index contributed by atoms with van der Waals surface area (Å²) in [4.78, 5) is 25.8. The number of aromatic amines is 1. The molecule has 2 aromatic heterocycles. The van der Waals surface area contributed by atoms with Gasteiger partial charge in [-0.05, 0) is 31.2 Å². The van der Waals surface area contributed by atoms with Gasteiger partial charge in [-0.1, -0.05) is 0 Å². The number of amides is 1. The van der Waals surface area contributed by atoms with E-state index in [1.54, 1.807) is 25.1 Å². The zero-order valence-electron chi connectivity index (χ0n) is 12.0. The summed E-state index contributed by atoms with van der Waals surface area (Å²) in [6, 6.07) is 8.12. The van der Waals surface area contributed by atoms with Crippen molar-refractivity contribution < 1.29 is 9.72 Å². The Kier molecular flexibility index (Phi) is 3.37. The molecular weight excluding hydrogens is 300 g/mol. The van der Waals surface area contributed by atoms with Crippen LogP contribution in [0, 0.1) is 17.0 Å². The molecule has 4 N–H and O–H groups in total. The average Bonchev–Trinajstić information content (AvgIpc) is 2.90. The highest BCUT2D eigenvalue weighted by molar-refractivity contribution is 6.04. The van der Waals surface area contributed by atoms with Crippen LogP contribution in [-0.4, -0.2) is 26.0 Å². The number of hydrogen-bond acceptors (Lipinski definition) is 6. The number of nitrogens with one attached hydrogen (secondary N) is 2. The van der Waals surface area contributed by atoms with Crippen molar-refractivity contribution in [2.75, 3.05) is 5.32 Å². The average molecular weight is 312 g/mol. The molecule has 0 bridgehead atoms. The molecule has 2 heterocycles. The Labute approximate surface area is 129 Å². The quantitative estimate of drug-likeness (QED) is 0.497. The maximum absolute atomic E-state index is 11.3. The molecule has 3 aromatic rings. The molecule has 0 unspecified atom stereocenters. The number of nitro groups is 1. The Bertz CT molecular complexity index is 933. The molecule has 0 saturated carbocycles. The highest BCUT2D eigenvalue weighted by Crippen LogP contribution is 2.24. The van der Waals surface area contributed by atoms with E-state index in [4.69, 9.17) is 5.73 Å². The lowest BCUT2D eigenvalue weighted by atomic mass is 10.2. The van der Waals surface area contributed by atoms with Crippen molar-refractivity contribution in [3.8, 4) is 0 Å². The van der Waals surface area contributed by atoms with Gasteiger partial charge >= 0.3 is 0 Å². The van der Waals surface area contributed by atoms with E-state index in [-0.39, 0.29) is 11.4 Å². The molecule has 0 fully saturated rings. The van der Waals surface area contributed by atoms with Gasteiger partial charge < -0.3 is 11.1 Å². The molecule has 0 aliphatic rings. The van der Waals surface area contributed by atoms with Gasteiger partial charge in [-0.25, -0.2) is 4.98 Å². The van der Waals surface area contributed by atoms with Crippen LogP contribution >= 0.6 is 0 Å². The summed E-state index contributed by atoms with van der Waals surface area (Å²) in [6.45, 7) is 1.56. The van der Waals surface area contributed by atoms with Crippen LogP contribution in [0.1, 0.15) is 16.2 Å². The van der Waals surface area contributed by atoms with Crippen LogP contribution in [0.25, 0.3) is 10.9 Å². The summed E-state index contributed by atoms with van der Waals surface area (Å²) in [5, 5.41) is 21.0. The van der Waals surface area contributed by atoms with Crippen LogP contribution in [0.4, 0.5) is 17.2 Å². The van der Waals surface area contributed by atoms with Crippen LogP contribution in [0.3, 0.4) is 0 Å². The van der Waals surface area contributed by atoms with Gasteiger partial charge in [0.1, 0.15) is 11.5 Å². The Morgan fingerprint density at radius 1 is 1.35 bits per heavy atom. The Morgan fingerprint density at radius 3 is 2.78 bits per heavy atom. The third-order valence-corrected chi connectivity index (χ3v) is 3.32. The van der Waals surface area contributed by atoms with Crippen molar-refractivity contribution in [2.45, 2.75) is 6.92 Å². The summed E-state index contributed by atoms with van der Waals surface area (Å²) >= 11 is 0. The van der Waals surface area contributed by atoms with Crippen molar-refractivity contribution >= 4 is 34.0 Å². The number of carbonyl (C=O) groups excluding carboxylic acids is 1. The van der Waals surface area contributed by atoms with Crippen molar-refractivity contribution in [1.29, 1.82) is 0 Å². The number of rotatable bonds is 4. The number of aryl methyl sites for hydroxylation is 1. The zero-order chi connectivity index (χ0) is 16.6. The van der Waals surface area contributed by atoms with Gasteiger partial charge in [0.2, 0.25) is 0 Å². The molecular formula is C14H12N6O3. The van der Waals surface area contributed by atoms with Crippen molar-refractivity contribution in [3.63, 3.8) is 0 Å². The normalized spacial score (nSPS) is 10.7. The number of nitrogens with zero attached hydrogens (tertiary/aromatic N) is 3. The smallest absolute Gasteiger partial charge is 0.290 e. The van der Waals surface area contributed by atoms with E-state index in [9.17, 15) is 14.9 Å². The molecule has 3 rings (SSSR count). The molecule has 0 atom stereocenters. The first-order valence-corrected chi connectivity index (χ1v) is 6.62. The van der Waals surface area contributed by atoms with Gasteiger partial charge in [-0.2, -0.15) is 5.10 Å². The maximum atomic E-state index is 11.3. The van der Waals surface area contributed by atoms with Gasteiger partial charge in [-0.15, -0.1) is 0 Å². The van der Waals surface area contributed by atoms with E-state index < -0.39 is 10.8 Å². The van der Waals surface area contributed by atoms with Gasteiger partial charge in [0.25, 0.3) is 11.6 Å². The van der Waals surface area contributed by atoms with Crippen molar-refractivity contribution in [1.82, 2.24) is 15.2 Å². The molecule has 0 radical (unpaired) electrons. The Hall–Kier alpha value is -3.49. The molecule has 9 nitrogen and oxygen atoms in total. The van der Waals surface area contributed by atoms with E-state index in [2.05, 4.69) is 20.5 Å². The second-order valence-electron chi connectivity index (χ2n) is 4.88. The number of primary amides is 1. The predicted octanol–water partition coefficient (Wildman–Crippen LogP) is 2.02. The molecule has 0 spiro atoms. The number of hydrogen-bond donors (Lipinski definition) is 3. The first kappa shape index (κ1) is 14.4. The fourth-order valence-corrected chi connectivity index (χ4v) is 2.24. The largest absolute Gasteiger partial charge is 0.364 e. The second kappa shape index (κ2) is 5.37. The van der Waals surface area contributed by atoms with Crippen LogP contribution in [0.15, 0.2) is 30.3 Å². The minimum Gasteiger partial charge on any atom is -0.364 e. The summed E-state index contributed by atoms with van der Waals surface area (Å²) in [6.07, 6.45) is 0. The molecule has 0 saturated heterocycles. The van der Waals surface area contributed by atoms with Gasteiger partial charge in [0.15, 0.2) is 5.69 Å². The third kappa shape index (κ3) is 2.67. The standard InChI is InChI=1S/C14H12N6O3/c1-7-11(20(22)23)4-5-12(16-7)17-8-2-3-10-9(6-8)13(14(15)21)19-18-10/h2-6H,1H3,(H2,15,21)(H,16,17)(H,18,19). The molecule has 116 valence electrons. The molecule has 1 amide bonds. The molecule has 23 heavy (non-hydrogen) atoms. The lowest BCUT2D eigenvalue weighted by molar-refractivity contribution is -0.385. The van der Waals surface area contributed by atoms with E-state index in [0.717, 1.165) is 0 Å². The highest BCUT2D eigenvalue weighted by Gasteiger charge is 2.13. The summed E-state index contributed by atoms with van der Waals surface area (Å²) < 4.78 is 0. The lowest BCUT2D eigenvalue weighted by Gasteiger charge is -2.07. The first-order valence-electron chi connectivity index (χ1n) is 6.62. The van der Waals surface area contributed by atoms with E-state index >= 15 is 0 Å². The van der Waals surface area contributed by atoms with E-state index in [1.807, 2.05) is 0 Å². The summed E-state index contributed by atoms with van der Waals surface area (Å²) in [5.74, 6) is -0.172. The number of carbonyl (C=O) groups is 1. The number of benzene rings is 1. The van der Waals surface area contributed by atoms with Crippen LogP contribution in [0.2, 0.25) is 0 Å². The number of anilines is 2. The second-order valence-corrected chi connectivity index (χ2v) is 4.88. The lowest BCUT2D eigenvalue weighted by Crippen LogP contribution is -2.11. The fourth-order valence-electron chi connectivity index (χ4n) is 2.24. The zero-order valence-corrected chi connectivity index (χ0v) is 12.0. The summed E-state index contributed by atoms with van der Waals surface area (Å²) in [5.41, 5.74) is 7.02. The molecule has 0 aliphatic heterocycles. The Morgan fingerprint density at radius 2 is 2.13 bits per heavy atom.